The quantitative estimate of drug-likeness (QED) is 0.516. The molecule has 0 unspecified atom stereocenters. The van der Waals surface area contributed by atoms with Crippen LogP contribution in [0.15, 0.2) is 0 Å². The predicted octanol–water partition coefficient (Wildman–Crippen LogP) is -1.13. The van der Waals surface area contributed by atoms with E-state index in [4.69, 9.17) is 10.2 Å². The van der Waals surface area contributed by atoms with Gasteiger partial charge in [-0.25, -0.2) is 0 Å². The first-order valence-electron chi connectivity index (χ1n) is 2.56. The van der Waals surface area contributed by atoms with Crippen LogP contribution in [0.5, 0.6) is 0 Å². The highest BCUT2D eigenvalue weighted by atomic mass is 28.1. The highest BCUT2D eigenvalue weighted by molar-refractivity contribution is 5.75. The SMILES string of the molecule is O=C(O)CCCC(=O)O.[SiH4]. The van der Waals surface area contributed by atoms with Gasteiger partial charge >= 0.3 is 11.9 Å². The molecule has 0 fully saturated rings. The van der Waals surface area contributed by atoms with Crippen molar-refractivity contribution in [1.29, 1.82) is 0 Å². The molecule has 0 amide bonds. The molecule has 0 saturated heterocycles. The van der Waals surface area contributed by atoms with Crippen LogP contribution in [0.4, 0.5) is 0 Å². The van der Waals surface area contributed by atoms with Crippen LogP contribution in [0.3, 0.4) is 0 Å². The topological polar surface area (TPSA) is 74.6 Å². The minimum absolute atomic E-state index is 0. The maximum Gasteiger partial charge on any atom is 0.303 e. The average Bonchev–Trinajstić information content (AvgIpc) is 1.63. The molecular formula is C5H12O4Si. The van der Waals surface area contributed by atoms with Crippen LogP contribution >= 0.6 is 0 Å². The standard InChI is InChI=1S/C5H8O4.H4Si/c6-4(7)2-1-3-5(8)9;/h1-3H2,(H,6,7)(H,8,9);1H4. The molecule has 0 saturated carbocycles. The third-order valence-electron chi connectivity index (χ3n) is 0.781. The third-order valence-corrected chi connectivity index (χ3v) is 0.781. The summed E-state index contributed by atoms with van der Waals surface area (Å²) in [5, 5.41) is 16.1. The van der Waals surface area contributed by atoms with E-state index in [1.54, 1.807) is 0 Å². The van der Waals surface area contributed by atoms with Gasteiger partial charge in [0.15, 0.2) is 0 Å². The van der Waals surface area contributed by atoms with Crippen LogP contribution in [0.2, 0.25) is 0 Å². The molecule has 0 aliphatic rings. The van der Waals surface area contributed by atoms with Crippen LogP contribution in [-0.4, -0.2) is 33.1 Å². The lowest BCUT2D eigenvalue weighted by Crippen LogP contribution is -1.98. The number of rotatable bonds is 4. The Bertz CT molecular complexity index is 109. The van der Waals surface area contributed by atoms with E-state index in [-0.39, 0.29) is 30.2 Å². The fourth-order valence-electron chi connectivity index (χ4n) is 0.391. The molecule has 0 bridgehead atoms. The average molecular weight is 164 g/mol. The Kier molecular flexibility index (Phi) is 7.47. The number of hydrogen-bond acceptors (Lipinski definition) is 2. The number of carbonyl (C=O) groups is 2. The monoisotopic (exact) mass is 164 g/mol. The molecule has 0 aromatic carbocycles. The third kappa shape index (κ3) is 10.2. The Morgan fingerprint density at radius 2 is 1.30 bits per heavy atom. The van der Waals surface area contributed by atoms with Gasteiger partial charge in [0.1, 0.15) is 0 Å². The largest absolute Gasteiger partial charge is 0.481 e. The second-order valence-corrected chi connectivity index (χ2v) is 1.64. The van der Waals surface area contributed by atoms with Crippen LogP contribution in [-0.2, 0) is 9.59 Å². The molecule has 0 rings (SSSR count). The Labute approximate surface area is 62.9 Å². The summed E-state index contributed by atoms with van der Waals surface area (Å²) in [5.41, 5.74) is 0. The Morgan fingerprint density at radius 3 is 1.50 bits per heavy atom. The molecule has 0 heterocycles. The van der Waals surface area contributed by atoms with Gasteiger partial charge in [-0.2, -0.15) is 0 Å². The number of carboxylic acid groups (broad SMARTS) is 2. The van der Waals surface area contributed by atoms with Crippen molar-refractivity contribution < 1.29 is 19.8 Å². The van der Waals surface area contributed by atoms with Crippen molar-refractivity contribution in [2.24, 2.45) is 0 Å². The maximum absolute atomic E-state index is 9.79. The van der Waals surface area contributed by atoms with Crippen LogP contribution in [0.1, 0.15) is 19.3 Å². The van der Waals surface area contributed by atoms with Crippen LogP contribution in [0.25, 0.3) is 0 Å². The maximum atomic E-state index is 9.79. The molecule has 0 spiro atoms. The molecule has 10 heavy (non-hydrogen) atoms. The van der Waals surface area contributed by atoms with E-state index >= 15 is 0 Å². The van der Waals surface area contributed by atoms with Crippen molar-refractivity contribution in [3.8, 4) is 0 Å². The lowest BCUT2D eigenvalue weighted by molar-refractivity contribution is -0.138. The van der Waals surface area contributed by atoms with Crippen LogP contribution in [0, 0.1) is 0 Å². The molecule has 0 radical (unpaired) electrons. The fraction of sp³-hybridized carbons (Fsp3) is 0.600. The van der Waals surface area contributed by atoms with E-state index in [0.717, 1.165) is 0 Å². The van der Waals surface area contributed by atoms with Crippen molar-refractivity contribution in [1.82, 2.24) is 0 Å². The number of hydrogen-bond donors (Lipinski definition) is 2. The normalized spacial score (nSPS) is 8.00. The smallest absolute Gasteiger partial charge is 0.303 e. The zero-order valence-electron chi connectivity index (χ0n) is 4.83. The first-order chi connectivity index (χ1) is 4.13. The van der Waals surface area contributed by atoms with Gasteiger partial charge in [-0.3, -0.25) is 9.59 Å². The Morgan fingerprint density at radius 1 is 1.00 bits per heavy atom. The van der Waals surface area contributed by atoms with Crippen molar-refractivity contribution in [3.05, 3.63) is 0 Å². The summed E-state index contributed by atoms with van der Waals surface area (Å²) >= 11 is 0. The van der Waals surface area contributed by atoms with Crippen molar-refractivity contribution >= 4 is 22.9 Å². The molecule has 2 N–H and O–H groups in total. The second-order valence-electron chi connectivity index (χ2n) is 1.64. The zero-order valence-corrected chi connectivity index (χ0v) is 4.83. The van der Waals surface area contributed by atoms with Crippen molar-refractivity contribution in [3.63, 3.8) is 0 Å². The number of aliphatic carboxylic acids is 2. The first kappa shape index (κ1) is 11.9. The van der Waals surface area contributed by atoms with Gasteiger partial charge in [-0.1, -0.05) is 0 Å². The summed E-state index contributed by atoms with van der Waals surface area (Å²) in [4.78, 5) is 19.6. The predicted molar refractivity (Wildman–Crippen MR) is 40.5 cm³/mol. The van der Waals surface area contributed by atoms with Gasteiger partial charge < -0.3 is 10.2 Å². The van der Waals surface area contributed by atoms with Gasteiger partial charge in [0.05, 0.1) is 0 Å². The van der Waals surface area contributed by atoms with Crippen LogP contribution < -0.4 is 0 Å². The Balaban J connectivity index is 0. The van der Waals surface area contributed by atoms with E-state index in [1.807, 2.05) is 0 Å². The summed E-state index contributed by atoms with van der Waals surface area (Å²) in [7, 11) is 0. The van der Waals surface area contributed by atoms with Crippen molar-refractivity contribution in [2.75, 3.05) is 0 Å². The molecule has 0 aromatic heterocycles. The van der Waals surface area contributed by atoms with Crippen molar-refractivity contribution in [2.45, 2.75) is 19.3 Å². The van der Waals surface area contributed by atoms with Gasteiger partial charge in [0.2, 0.25) is 0 Å². The van der Waals surface area contributed by atoms with Gasteiger partial charge in [-0.15, -0.1) is 0 Å². The zero-order chi connectivity index (χ0) is 7.28. The summed E-state index contributed by atoms with van der Waals surface area (Å²) < 4.78 is 0. The second kappa shape index (κ2) is 6.28. The van der Waals surface area contributed by atoms with Gasteiger partial charge in [0.25, 0.3) is 0 Å². The lowest BCUT2D eigenvalue weighted by atomic mass is 10.2. The summed E-state index contributed by atoms with van der Waals surface area (Å²) in [5.74, 6) is -1.90. The van der Waals surface area contributed by atoms with E-state index in [9.17, 15) is 9.59 Å². The molecular weight excluding hydrogens is 152 g/mol. The summed E-state index contributed by atoms with van der Waals surface area (Å²) in [6.07, 6.45) is 0.0866. The molecule has 60 valence electrons. The first-order valence-corrected chi connectivity index (χ1v) is 2.56. The minimum Gasteiger partial charge on any atom is -0.481 e. The number of carboxylic acids is 2. The highest BCUT2D eigenvalue weighted by Crippen LogP contribution is 1.93. The molecule has 0 aromatic rings. The lowest BCUT2D eigenvalue weighted by Gasteiger charge is -1.89. The van der Waals surface area contributed by atoms with E-state index in [2.05, 4.69) is 0 Å². The van der Waals surface area contributed by atoms with E-state index in [1.165, 1.54) is 0 Å². The highest BCUT2D eigenvalue weighted by Gasteiger charge is 1.99. The minimum atomic E-state index is -0.948. The van der Waals surface area contributed by atoms with E-state index in [0.29, 0.717) is 0 Å². The molecule has 0 aliphatic carbocycles. The fourth-order valence-corrected chi connectivity index (χ4v) is 0.391. The summed E-state index contributed by atoms with van der Waals surface area (Å²) in [6, 6.07) is 0. The van der Waals surface area contributed by atoms with Gasteiger partial charge in [0, 0.05) is 12.8 Å². The molecule has 4 nitrogen and oxygen atoms in total. The summed E-state index contributed by atoms with van der Waals surface area (Å²) in [6.45, 7) is 0. The van der Waals surface area contributed by atoms with Gasteiger partial charge in [-0.05, 0) is 17.4 Å². The molecule has 5 heteroatoms. The Hall–Kier alpha value is -0.843. The van der Waals surface area contributed by atoms with E-state index < -0.39 is 11.9 Å². The molecule has 0 aliphatic heterocycles. The molecule has 0 atom stereocenters.